The summed E-state index contributed by atoms with van der Waals surface area (Å²) in [6.07, 6.45) is -0.191. The monoisotopic (exact) mass is 202 g/mol. The summed E-state index contributed by atoms with van der Waals surface area (Å²) in [6.45, 7) is 1.77. The fourth-order valence-corrected chi connectivity index (χ4v) is 1.29. The van der Waals surface area contributed by atoms with Gasteiger partial charge < -0.3 is 20.8 Å². The number of carboxylic acid groups (broad SMARTS) is 1. The minimum Gasteiger partial charge on any atom is -0.480 e. The highest BCUT2D eigenvalue weighted by Gasteiger charge is 2.29. The minimum atomic E-state index is -1.07. The summed E-state index contributed by atoms with van der Waals surface area (Å²) in [5.41, 5.74) is 0. The molecule has 1 aliphatic rings. The zero-order valence-corrected chi connectivity index (χ0v) is 7.86. The van der Waals surface area contributed by atoms with Gasteiger partial charge >= 0.3 is 5.97 Å². The van der Waals surface area contributed by atoms with Gasteiger partial charge in [-0.1, -0.05) is 0 Å². The molecule has 0 radical (unpaired) electrons. The number of hydrogen-bond acceptors (Lipinski definition) is 4. The van der Waals surface area contributed by atoms with Gasteiger partial charge in [-0.05, 0) is 13.3 Å². The summed E-state index contributed by atoms with van der Waals surface area (Å²) < 4.78 is 0. The first kappa shape index (κ1) is 10.9. The zero-order chi connectivity index (χ0) is 10.7. The largest absolute Gasteiger partial charge is 0.480 e. The maximum atomic E-state index is 11.4. The van der Waals surface area contributed by atoms with Crippen molar-refractivity contribution in [3.8, 4) is 0 Å². The Kier molecular flexibility index (Phi) is 3.43. The fraction of sp³-hybridized carbons (Fsp3) is 0.750. The summed E-state index contributed by atoms with van der Waals surface area (Å²) >= 11 is 0. The molecule has 0 spiro atoms. The summed E-state index contributed by atoms with van der Waals surface area (Å²) in [6, 6.07) is -1.38. The molecule has 0 aliphatic carbocycles. The number of carbonyl (C=O) groups excluding carboxylic acids is 1. The zero-order valence-electron chi connectivity index (χ0n) is 7.86. The van der Waals surface area contributed by atoms with Gasteiger partial charge in [0.2, 0.25) is 5.91 Å². The normalized spacial score (nSPS) is 28.4. The SMILES string of the molecule is C[C@H](NC(=O)[C@@H]1C[C@@H](O)CN1)C(=O)O. The third-order valence-corrected chi connectivity index (χ3v) is 2.15. The van der Waals surface area contributed by atoms with Crippen LogP contribution in [-0.2, 0) is 9.59 Å². The van der Waals surface area contributed by atoms with Crippen molar-refractivity contribution >= 4 is 11.9 Å². The lowest BCUT2D eigenvalue weighted by Crippen LogP contribution is -2.46. The van der Waals surface area contributed by atoms with Gasteiger partial charge in [-0.15, -0.1) is 0 Å². The highest BCUT2D eigenvalue weighted by Crippen LogP contribution is 2.06. The molecule has 0 aromatic carbocycles. The van der Waals surface area contributed by atoms with Crippen LogP contribution in [0.5, 0.6) is 0 Å². The second-order valence-electron chi connectivity index (χ2n) is 3.42. The number of hydrogen-bond donors (Lipinski definition) is 4. The lowest BCUT2D eigenvalue weighted by atomic mass is 10.2. The number of rotatable bonds is 3. The number of aliphatic hydroxyl groups is 1. The number of aliphatic hydroxyl groups excluding tert-OH is 1. The quantitative estimate of drug-likeness (QED) is 0.437. The van der Waals surface area contributed by atoms with Gasteiger partial charge in [-0.3, -0.25) is 9.59 Å². The van der Waals surface area contributed by atoms with Crippen LogP contribution < -0.4 is 10.6 Å². The first-order chi connectivity index (χ1) is 6.50. The van der Waals surface area contributed by atoms with Crippen LogP contribution in [0.1, 0.15) is 13.3 Å². The second kappa shape index (κ2) is 4.39. The number of amides is 1. The van der Waals surface area contributed by atoms with Crippen molar-refractivity contribution < 1.29 is 19.8 Å². The highest BCUT2D eigenvalue weighted by atomic mass is 16.4. The predicted octanol–water partition coefficient (Wildman–Crippen LogP) is -1.70. The molecule has 0 aromatic rings. The van der Waals surface area contributed by atoms with Crippen LogP contribution >= 0.6 is 0 Å². The predicted molar refractivity (Wildman–Crippen MR) is 47.7 cm³/mol. The molecule has 0 aromatic heterocycles. The molecule has 1 rings (SSSR count). The molecule has 1 fully saturated rings. The van der Waals surface area contributed by atoms with E-state index in [1.807, 2.05) is 0 Å². The van der Waals surface area contributed by atoms with Gasteiger partial charge in [0.05, 0.1) is 12.1 Å². The number of carbonyl (C=O) groups is 2. The molecule has 4 N–H and O–H groups in total. The maximum absolute atomic E-state index is 11.4. The molecule has 3 atom stereocenters. The summed E-state index contributed by atoms with van der Waals surface area (Å²) in [7, 11) is 0. The Morgan fingerprint density at radius 3 is 2.64 bits per heavy atom. The average Bonchev–Trinajstić information content (AvgIpc) is 2.51. The average molecular weight is 202 g/mol. The molecule has 0 unspecified atom stereocenters. The third kappa shape index (κ3) is 2.68. The van der Waals surface area contributed by atoms with E-state index in [9.17, 15) is 9.59 Å². The summed E-state index contributed by atoms with van der Waals surface area (Å²) in [5.74, 6) is -1.45. The van der Waals surface area contributed by atoms with Crippen molar-refractivity contribution in [2.45, 2.75) is 31.5 Å². The van der Waals surface area contributed by atoms with E-state index in [1.165, 1.54) is 6.92 Å². The van der Waals surface area contributed by atoms with E-state index in [0.29, 0.717) is 13.0 Å². The Hall–Kier alpha value is -1.14. The van der Waals surface area contributed by atoms with E-state index in [0.717, 1.165) is 0 Å². The standard InChI is InChI=1S/C8H14N2O4/c1-4(8(13)14)10-7(12)6-2-5(11)3-9-6/h4-6,9,11H,2-3H2,1H3,(H,10,12)(H,13,14)/t4-,5+,6-/m0/s1. The second-order valence-corrected chi connectivity index (χ2v) is 3.42. The Morgan fingerprint density at radius 2 is 2.21 bits per heavy atom. The van der Waals surface area contributed by atoms with Crippen molar-refractivity contribution in [3.05, 3.63) is 0 Å². The molecule has 1 heterocycles. The number of aliphatic carboxylic acids is 1. The van der Waals surface area contributed by atoms with Crippen LogP contribution in [0, 0.1) is 0 Å². The van der Waals surface area contributed by atoms with Gasteiger partial charge in [0, 0.05) is 6.54 Å². The van der Waals surface area contributed by atoms with Gasteiger partial charge in [0.1, 0.15) is 6.04 Å². The minimum absolute atomic E-state index is 0.332. The van der Waals surface area contributed by atoms with Crippen LogP contribution in [0.15, 0.2) is 0 Å². The Balaban J connectivity index is 2.39. The van der Waals surface area contributed by atoms with E-state index in [2.05, 4.69) is 10.6 Å². The summed E-state index contributed by atoms with van der Waals surface area (Å²) in [4.78, 5) is 21.8. The topological polar surface area (TPSA) is 98.7 Å². The molecular formula is C8H14N2O4. The van der Waals surface area contributed by atoms with Gasteiger partial charge in [-0.2, -0.15) is 0 Å². The first-order valence-electron chi connectivity index (χ1n) is 4.45. The molecular weight excluding hydrogens is 188 g/mol. The molecule has 0 bridgehead atoms. The molecule has 1 saturated heterocycles. The summed E-state index contributed by atoms with van der Waals surface area (Å²) in [5, 5.41) is 22.8. The van der Waals surface area contributed by atoms with Crippen molar-refractivity contribution in [2.24, 2.45) is 0 Å². The number of carboxylic acids is 1. The molecule has 6 nitrogen and oxygen atoms in total. The van der Waals surface area contributed by atoms with Crippen molar-refractivity contribution in [1.29, 1.82) is 0 Å². The smallest absolute Gasteiger partial charge is 0.325 e. The highest BCUT2D eigenvalue weighted by molar-refractivity contribution is 5.86. The molecule has 6 heteroatoms. The van der Waals surface area contributed by atoms with Crippen molar-refractivity contribution in [1.82, 2.24) is 10.6 Å². The van der Waals surface area contributed by atoms with Crippen LogP contribution in [0.3, 0.4) is 0 Å². The van der Waals surface area contributed by atoms with E-state index in [1.54, 1.807) is 0 Å². The van der Waals surface area contributed by atoms with E-state index < -0.39 is 24.2 Å². The maximum Gasteiger partial charge on any atom is 0.325 e. The van der Waals surface area contributed by atoms with E-state index >= 15 is 0 Å². The van der Waals surface area contributed by atoms with Gasteiger partial charge in [-0.25, -0.2) is 0 Å². The Labute approximate surface area is 81.3 Å². The van der Waals surface area contributed by atoms with Crippen LogP contribution in [0.25, 0.3) is 0 Å². The molecule has 14 heavy (non-hydrogen) atoms. The van der Waals surface area contributed by atoms with Crippen LogP contribution in [-0.4, -0.2) is 46.8 Å². The van der Waals surface area contributed by atoms with Crippen molar-refractivity contribution in [3.63, 3.8) is 0 Å². The van der Waals surface area contributed by atoms with E-state index in [4.69, 9.17) is 10.2 Å². The molecule has 1 aliphatic heterocycles. The lowest BCUT2D eigenvalue weighted by molar-refractivity contribution is -0.141. The lowest BCUT2D eigenvalue weighted by Gasteiger charge is -2.13. The Bertz CT molecular complexity index is 243. The van der Waals surface area contributed by atoms with Gasteiger partial charge in [0.25, 0.3) is 0 Å². The van der Waals surface area contributed by atoms with Crippen LogP contribution in [0.2, 0.25) is 0 Å². The number of β-amino-alcohol motifs (C(OH)–C–C–N with tert-alkyl or cyclic N) is 1. The number of nitrogens with one attached hydrogen (secondary N) is 2. The van der Waals surface area contributed by atoms with Gasteiger partial charge in [0.15, 0.2) is 0 Å². The fourth-order valence-electron chi connectivity index (χ4n) is 1.29. The third-order valence-electron chi connectivity index (χ3n) is 2.15. The molecule has 1 amide bonds. The van der Waals surface area contributed by atoms with Crippen LogP contribution in [0.4, 0.5) is 0 Å². The molecule has 0 saturated carbocycles. The van der Waals surface area contributed by atoms with Crippen molar-refractivity contribution in [2.75, 3.05) is 6.54 Å². The first-order valence-corrected chi connectivity index (χ1v) is 4.45. The molecule has 80 valence electrons. The van der Waals surface area contributed by atoms with E-state index in [-0.39, 0.29) is 5.91 Å². The Morgan fingerprint density at radius 1 is 1.57 bits per heavy atom.